The number of aromatic nitrogens is 1. The molecule has 0 aliphatic heterocycles. The number of benzene rings is 3. The van der Waals surface area contributed by atoms with Crippen molar-refractivity contribution in [3.05, 3.63) is 119 Å². The minimum atomic E-state index is -4.59. The second-order valence-electron chi connectivity index (χ2n) is 10.3. The van der Waals surface area contributed by atoms with Crippen molar-refractivity contribution < 1.29 is 32.5 Å². The van der Waals surface area contributed by atoms with Gasteiger partial charge in [0.1, 0.15) is 18.0 Å². The van der Waals surface area contributed by atoms with E-state index in [1.54, 1.807) is 30.5 Å². The molecular formula is C33H33F3N2O4. The molecule has 42 heavy (non-hydrogen) atoms. The predicted molar refractivity (Wildman–Crippen MR) is 154 cm³/mol. The molecular weight excluding hydrogens is 545 g/mol. The van der Waals surface area contributed by atoms with Gasteiger partial charge in [0, 0.05) is 18.2 Å². The van der Waals surface area contributed by atoms with E-state index in [1.165, 1.54) is 13.2 Å². The zero-order chi connectivity index (χ0) is 30.3. The molecule has 0 aliphatic carbocycles. The molecule has 4 aromatic rings. The van der Waals surface area contributed by atoms with E-state index in [4.69, 9.17) is 9.47 Å². The molecule has 3 aromatic carbocycles. The van der Waals surface area contributed by atoms with Crippen molar-refractivity contribution in [3.8, 4) is 16.9 Å². The summed E-state index contributed by atoms with van der Waals surface area (Å²) >= 11 is 0. The summed E-state index contributed by atoms with van der Waals surface area (Å²) in [7, 11) is 1.49. The number of alkyl halides is 3. The Morgan fingerprint density at radius 2 is 1.69 bits per heavy atom. The van der Waals surface area contributed by atoms with Crippen LogP contribution in [0.3, 0.4) is 0 Å². The molecule has 0 spiro atoms. The van der Waals surface area contributed by atoms with E-state index in [9.17, 15) is 23.1 Å². The standard InChI is InChI=1S/C33H33F3N2O4/c1-22(2)24-12-15-29(41-3)28(18-24)27-14-13-26(33(34,35)36)17-25(27)20-42-31(39)38-21-32(40,30-11-7-8-16-37-30)19-23-9-5-4-6-10-23/h4-18,22,40H,19-21H2,1-3H3,(H,38,39). The second-order valence-corrected chi connectivity index (χ2v) is 10.3. The minimum absolute atomic E-state index is 0.156. The lowest BCUT2D eigenvalue weighted by Crippen LogP contribution is -2.43. The van der Waals surface area contributed by atoms with Gasteiger partial charge in [-0.05, 0) is 64.6 Å². The van der Waals surface area contributed by atoms with E-state index in [0.717, 1.165) is 23.3 Å². The molecule has 0 saturated carbocycles. The van der Waals surface area contributed by atoms with E-state index in [-0.39, 0.29) is 24.4 Å². The predicted octanol–water partition coefficient (Wildman–Crippen LogP) is 7.26. The number of amides is 1. The van der Waals surface area contributed by atoms with Crippen LogP contribution in [0, 0.1) is 0 Å². The largest absolute Gasteiger partial charge is 0.496 e. The van der Waals surface area contributed by atoms with Crippen molar-refractivity contribution in [2.24, 2.45) is 0 Å². The first-order valence-corrected chi connectivity index (χ1v) is 13.5. The van der Waals surface area contributed by atoms with Crippen molar-refractivity contribution in [1.29, 1.82) is 0 Å². The lowest BCUT2D eigenvalue weighted by molar-refractivity contribution is -0.137. The number of rotatable bonds is 10. The van der Waals surface area contributed by atoms with Crippen molar-refractivity contribution in [2.45, 2.75) is 44.6 Å². The van der Waals surface area contributed by atoms with Crippen molar-refractivity contribution in [2.75, 3.05) is 13.7 Å². The zero-order valence-corrected chi connectivity index (χ0v) is 23.6. The number of pyridine rings is 1. The molecule has 0 saturated heterocycles. The smallest absolute Gasteiger partial charge is 0.416 e. The fourth-order valence-corrected chi connectivity index (χ4v) is 4.68. The average Bonchev–Trinajstić information content (AvgIpc) is 2.99. The monoisotopic (exact) mass is 578 g/mol. The van der Waals surface area contributed by atoms with Gasteiger partial charge in [-0.3, -0.25) is 4.98 Å². The number of nitrogens with one attached hydrogen (secondary N) is 1. The van der Waals surface area contributed by atoms with Crippen LogP contribution in [0.5, 0.6) is 5.75 Å². The molecule has 4 rings (SSSR count). The van der Waals surface area contributed by atoms with Gasteiger partial charge in [-0.2, -0.15) is 13.2 Å². The third kappa shape index (κ3) is 7.47. The van der Waals surface area contributed by atoms with Gasteiger partial charge in [0.2, 0.25) is 0 Å². The summed E-state index contributed by atoms with van der Waals surface area (Å²) in [4.78, 5) is 17.1. The number of alkyl carbamates (subject to hydrolysis) is 1. The number of aliphatic hydroxyl groups is 1. The number of halogens is 3. The number of ether oxygens (including phenoxy) is 2. The number of hydrogen-bond acceptors (Lipinski definition) is 5. The fraction of sp³-hybridized carbons (Fsp3) is 0.273. The van der Waals surface area contributed by atoms with Gasteiger partial charge in [0.25, 0.3) is 0 Å². The van der Waals surface area contributed by atoms with Crippen LogP contribution in [0.25, 0.3) is 11.1 Å². The first kappa shape index (κ1) is 30.6. The number of carbonyl (C=O) groups is 1. The number of methoxy groups -OCH3 is 1. The summed E-state index contributed by atoms with van der Waals surface area (Å²) in [5.41, 5.74) is 0.919. The number of carbonyl (C=O) groups excluding carboxylic acids is 1. The highest BCUT2D eigenvalue weighted by molar-refractivity contribution is 5.75. The summed E-state index contributed by atoms with van der Waals surface area (Å²) < 4.78 is 51.8. The molecule has 1 unspecified atom stereocenters. The summed E-state index contributed by atoms with van der Waals surface area (Å²) in [6.07, 6.45) is -3.78. The molecule has 1 atom stereocenters. The SMILES string of the molecule is COc1ccc(C(C)C)cc1-c1ccc(C(F)(F)F)cc1COC(=O)NCC(O)(Cc1ccccc1)c1ccccn1. The van der Waals surface area contributed by atoms with E-state index in [1.807, 2.05) is 56.3 Å². The van der Waals surface area contributed by atoms with Crippen molar-refractivity contribution >= 4 is 6.09 Å². The van der Waals surface area contributed by atoms with Crippen LogP contribution in [0.15, 0.2) is 91.1 Å². The quantitative estimate of drug-likeness (QED) is 0.207. The molecule has 220 valence electrons. The third-order valence-electron chi connectivity index (χ3n) is 6.98. The van der Waals surface area contributed by atoms with Gasteiger partial charge in [-0.25, -0.2) is 4.79 Å². The Morgan fingerprint density at radius 1 is 0.952 bits per heavy atom. The summed E-state index contributed by atoms with van der Waals surface area (Å²) in [6, 6.07) is 23.2. The first-order valence-electron chi connectivity index (χ1n) is 13.5. The number of nitrogens with zero attached hydrogens (tertiary/aromatic N) is 1. The van der Waals surface area contributed by atoms with E-state index in [2.05, 4.69) is 10.3 Å². The minimum Gasteiger partial charge on any atom is -0.496 e. The maximum absolute atomic E-state index is 13.6. The lowest BCUT2D eigenvalue weighted by atomic mass is 9.90. The van der Waals surface area contributed by atoms with E-state index >= 15 is 0 Å². The Morgan fingerprint density at radius 3 is 2.33 bits per heavy atom. The Kier molecular flexibility index (Phi) is 9.52. The summed E-state index contributed by atoms with van der Waals surface area (Å²) in [5, 5.41) is 14.1. The normalized spacial score (nSPS) is 13.0. The molecule has 0 bridgehead atoms. The van der Waals surface area contributed by atoms with Crippen LogP contribution < -0.4 is 10.1 Å². The average molecular weight is 579 g/mol. The molecule has 0 radical (unpaired) electrons. The Balaban J connectivity index is 1.57. The highest BCUT2D eigenvalue weighted by atomic mass is 19.4. The summed E-state index contributed by atoms with van der Waals surface area (Å²) in [5.74, 6) is 0.648. The molecule has 0 fully saturated rings. The lowest BCUT2D eigenvalue weighted by Gasteiger charge is -2.28. The third-order valence-corrected chi connectivity index (χ3v) is 6.98. The van der Waals surface area contributed by atoms with Gasteiger partial charge in [-0.15, -0.1) is 0 Å². The maximum atomic E-state index is 13.6. The molecule has 2 N–H and O–H groups in total. The van der Waals surface area contributed by atoms with Gasteiger partial charge in [-0.1, -0.05) is 62.4 Å². The molecule has 1 heterocycles. The van der Waals surface area contributed by atoms with Crippen molar-refractivity contribution in [1.82, 2.24) is 10.3 Å². The van der Waals surface area contributed by atoms with Crippen LogP contribution in [0.1, 0.15) is 47.7 Å². The van der Waals surface area contributed by atoms with Crippen molar-refractivity contribution in [3.63, 3.8) is 0 Å². The number of hydrogen-bond donors (Lipinski definition) is 2. The second kappa shape index (κ2) is 13.1. The van der Waals surface area contributed by atoms with E-state index in [0.29, 0.717) is 22.6 Å². The van der Waals surface area contributed by atoms with Gasteiger partial charge in [0.05, 0.1) is 24.9 Å². The molecule has 1 aromatic heterocycles. The van der Waals surface area contributed by atoms with Crippen LogP contribution in [-0.2, 0) is 29.5 Å². The highest BCUT2D eigenvalue weighted by Crippen LogP contribution is 2.38. The Hall–Kier alpha value is -4.37. The van der Waals surface area contributed by atoms with Crippen LogP contribution in [0.2, 0.25) is 0 Å². The topological polar surface area (TPSA) is 80.7 Å². The first-order chi connectivity index (χ1) is 20.0. The van der Waals surface area contributed by atoms with Gasteiger partial charge >= 0.3 is 12.3 Å². The molecule has 1 amide bonds. The van der Waals surface area contributed by atoms with Crippen LogP contribution in [0.4, 0.5) is 18.0 Å². The van der Waals surface area contributed by atoms with E-state index < -0.39 is 30.0 Å². The fourth-order valence-electron chi connectivity index (χ4n) is 4.68. The van der Waals surface area contributed by atoms with Crippen LogP contribution >= 0.6 is 0 Å². The van der Waals surface area contributed by atoms with Gasteiger partial charge in [0.15, 0.2) is 0 Å². The summed E-state index contributed by atoms with van der Waals surface area (Å²) in [6.45, 7) is 3.34. The molecule has 9 heteroatoms. The Bertz CT molecular complexity index is 1490. The molecule has 6 nitrogen and oxygen atoms in total. The zero-order valence-electron chi connectivity index (χ0n) is 23.6. The van der Waals surface area contributed by atoms with Crippen LogP contribution in [-0.4, -0.2) is 29.8 Å². The molecule has 0 aliphatic rings. The highest BCUT2D eigenvalue weighted by Gasteiger charge is 2.33. The maximum Gasteiger partial charge on any atom is 0.416 e. The Labute approximate surface area is 243 Å². The van der Waals surface area contributed by atoms with Gasteiger partial charge < -0.3 is 19.9 Å².